The van der Waals surface area contributed by atoms with Crippen LogP contribution in [0, 0.1) is 0 Å². The van der Waals surface area contributed by atoms with E-state index in [1.165, 1.54) is 4.90 Å². The van der Waals surface area contributed by atoms with Crippen LogP contribution < -0.4 is 15.5 Å². The van der Waals surface area contributed by atoms with Gasteiger partial charge in [0.05, 0.1) is 35.2 Å². The number of benzene rings is 3. The Hall–Kier alpha value is -4.64. The Morgan fingerprint density at radius 3 is 2.59 bits per heavy atom. The number of nitrogens with zero attached hydrogens (tertiary/aromatic N) is 3. The minimum atomic E-state index is -1.30. The molecule has 0 saturated carbocycles. The van der Waals surface area contributed by atoms with Crippen LogP contribution >= 0.6 is 15.9 Å². The summed E-state index contributed by atoms with van der Waals surface area (Å²) in [5.74, 6) is -1.23. The molecule has 3 aromatic carbocycles. The van der Waals surface area contributed by atoms with Crippen LogP contribution in [0.4, 0.5) is 10.5 Å². The zero-order valence-corrected chi connectivity index (χ0v) is 23.2. The van der Waals surface area contributed by atoms with Gasteiger partial charge >= 0.3 is 6.09 Å². The van der Waals surface area contributed by atoms with Crippen LogP contribution in [0.1, 0.15) is 27.9 Å². The van der Waals surface area contributed by atoms with Crippen molar-refractivity contribution in [3.63, 3.8) is 0 Å². The number of hydrogen-bond acceptors (Lipinski definition) is 6. The van der Waals surface area contributed by atoms with Gasteiger partial charge in [0.25, 0.3) is 0 Å². The van der Waals surface area contributed by atoms with E-state index in [1.54, 1.807) is 30.5 Å². The zero-order valence-electron chi connectivity index (χ0n) is 21.6. The molecular formula is C30H24BrN5O5. The molecule has 10 nitrogen and oxygen atoms in total. The molecule has 1 aromatic heterocycles. The number of rotatable bonds is 6. The summed E-state index contributed by atoms with van der Waals surface area (Å²) in [6.45, 7) is -0.249. The van der Waals surface area contributed by atoms with Crippen molar-refractivity contribution in [3.05, 3.63) is 88.0 Å². The van der Waals surface area contributed by atoms with Gasteiger partial charge in [-0.2, -0.15) is 0 Å². The van der Waals surface area contributed by atoms with Gasteiger partial charge in [0, 0.05) is 22.0 Å². The first-order valence-corrected chi connectivity index (χ1v) is 13.8. The number of aromatic nitrogens is 2. The van der Waals surface area contributed by atoms with Crippen LogP contribution in [0.15, 0.2) is 71.3 Å². The van der Waals surface area contributed by atoms with Gasteiger partial charge in [-0.3, -0.25) is 24.3 Å². The number of nitrogens with one attached hydrogen (secondary N) is 2. The van der Waals surface area contributed by atoms with Crippen LogP contribution in [-0.4, -0.2) is 57.4 Å². The summed E-state index contributed by atoms with van der Waals surface area (Å²) in [6.07, 6.45) is 1.46. The minimum absolute atomic E-state index is 0.249. The van der Waals surface area contributed by atoms with E-state index in [4.69, 9.17) is 0 Å². The fourth-order valence-corrected chi connectivity index (χ4v) is 5.81. The molecule has 0 radical (unpaired) electrons. The molecule has 3 N–H and O–H groups in total. The number of fused-ring (bicyclic) bond motifs is 1. The molecule has 3 heterocycles. The first kappa shape index (κ1) is 26.6. The van der Waals surface area contributed by atoms with Crippen LogP contribution in [0.3, 0.4) is 0 Å². The average molecular weight is 614 g/mol. The monoisotopic (exact) mass is 613 g/mol. The van der Waals surface area contributed by atoms with Crippen molar-refractivity contribution in [1.29, 1.82) is 0 Å². The third-order valence-corrected chi connectivity index (χ3v) is 7.93. The van der Waals surface area contributed by atoms with Crippen molar-refractivity contribution in [3.8, 4) is 11.3 Å². The van der Waals surface area contributed by atoms with Crippen molar-refractivity contribution in [2.75, 3.05) is 11.4 Å². The number of carbonyl (C=O) groups excluding carboxylic acids is 3. The first-order chi connectivity index (χ1) is 19.8. The maximum Gasteiger partial charge on any atom is 0.405 e. The summed E-state index contributed by atoms with van der Waals surface area (Å²) in [6, 6.07) is 16.4. The van der Waals surface area contributed by atoms with E-state index in [1.807, 2.05) is 36.4 Å². The molecule has 0 spiro atoms. The molecule has 0 saturated heterocycles. The molecule has 4 aromatic rings. The highest BCUT2D eigenvalue weighted by molar-refractivity contribution is 9.10. The van der Waals surface area contributed by atoms with Gasteiger partial charge < -0.3 is 15.7 Å². The van der Waals surface area contributed by atoms with Gasteiger partial charge in [0.15, 0.2) is 5.78 Å². The van der Waals surface area contributed by atoms with Crippen LogP contribution in [0.25, 0.3) is 22.3 Å². The lowest BCUT2D eigenvalue weighted by molar-refractivity contribution is -0.126. The molecule has 3 amide bonds. The number of hydrogen-bond donors (Lipinski definition) is 3. The lowest BCUT2D eigenvalue weighted by Gasteiger charge is -2.27. The Labute approximate surface area is 242 Å². The number of Topliss-reactive ketones (excluding diaryl/α,β-unsaturated/α-hetero) is 1. The molecule has 2 aliphatic rings. The fraction of sp³-hybridized carbons (Fsp3) is 0.200. The standard InChI is InChI=1S/C30H24BrN5O5/c31-20-9-11-21-23(13-20)32-14-24(34-21)16-4-6-17(7-5-16)26(37)15-33-28(38)25-12-19-3-1-2-18-8-10-22(35-30(40)41)29(39)36(25)27(18)19/h1-7,9,11,13-14,22,25,35H,8,10,12,15H2,(H,33,38)(H,40,41)/t22-,25-/m0/s1. The van der Waals surface area contributed by atoms with Crippen molar-refractivity contribution < 1.29 is 24.3 Å². The number of ketones is 1. The Bertz CT molecular complexity index is 1720. The topological polar surface area (TPSA) is 142 Å². The van der Waals surface area contributed by atoms with Crippen molar-refractivity contribution >= 4 is 56.3 Å². The second-order valence-corrected chi connectivity index (χ2v) is 10.9. The zero-order chi connectivity index (χ0) is 28.7. The number of para-hydroxylation sites is 1. The predicted octanol–water partition coefficient (Wildman–Crippen LogP) is 3.90. The molecule has 41 heavy (non-hydrogen) atoms. The number of anilines is 1. The molecule has 2 atom stereocenters. The number of aryl methyl sites for hydroxylation is 1. The highest BCUT2D eigenvalue weighted by Crippen LogP contribution is 2.39. The molecule has 2 aliphatic heterocycles. The quantitative estimate of drug-likeness (QED) is 0.280. The summed E-state index contributed by atoms with van der Waals surface area (Å²) in [7, 11) is 0. The summed E-state index contributed by atoms with van der Waals surface area (Å²) in [4.78, 5) is 61.4. The largest absolute Gasteiger partial charge is 0.465 e. The lowest BCUT2D eigenvalue weighted by Crippen LogP contribution is -2.54. The predicted molar refractivity (Wildman–Crippen MR) is 155 cm³/mol. The van der Waals surface area contributed by atoms with Crippen molar-refractivity contribution in [1.82, 2.24) is 20.6 Å². The van der Waals surface area contributed by atoms with E-state index in [-0.39, 0.29) is 18.7 Å². The van der Waals surface area contributed by atoms with Gasteiger partial charge in [-0.25, -0.2) is 9.78 Å². The summed E-state index contributed by atoms with van der Waals surface area (Å²) < 4.78 is 0.918. The third-order valence-electron chi connectivity index (χ3n) is 7.44. The van der Waals surface area contributed by atoms with E-state index < -0.39 is 30.0 Å². The molecule has 6 rings (SSSR count). The number of halogens is 1. The van der Waals surface area contributed by atoms with Crippen molar-refractivity contribution in [2.45, 2.75) is 31.3 Å². The summed E-state index contributed by atoms with van der Waals surface area (Å²) in [5.41, 5.74) is 5.81. The summed E-state index contributed by atoms with van der Waals surface area (Å²) >= 11 is 3.43. The number of carboxylic acid groups (broad SMARTS) is 1. The highest BCUT2D eigenvalue weighted by atomic mass is 79.9. The van der Waals surface area contributed by atoms with Crippen LogP contribution in [0.5, 0.6) is 0 Å². The van der Waals surface area contributed by atoms with Crippen molar-refractivity contribution in [2.24, 2.45) is 0 Å². The number of amides is 3. The van der Waals surface area contributed by atoms with E-state index in [2.05, 4.69) is 36.5 Å². The van der Waals surface area contributed by atoms with E-state index in [0.29, 0.717) is 29.8 Å². The highest BCUT2D eigenvalue weighted by Gasteiger charge is 2.44. The molecular weight excluding hydrogens is 590 g/mol. The van der Waals surface area contributed by atoms with E-state index in [9.17, 15) is 24.3 Å². The molecule has 11 heteroatoms. The average Bonchev–Trinajstić information content (AvgIpc) is 3.31. The van der Waals surface area contributed by atoms with Crippen LogP contribution in [0.2, 0.25) is 0 Å². The SMILES string of the molecule is O=C(O)N[C@H]1CCc2cccc3c2N(C1=O)[C@H](C(=O)NCC(=O)c1ccc(-c2cnc4cc(Br)ccc4n2)cc1)C3. The molecule has 0 aliphatic carbocycles. The Balaban J connectivity index is 1.15. The second kappa shape index (κ2) is 10.7. The van der Waals surface area contributed by atoms with Gasteiger partial charge in [-0.15, -0.1) is 0 Å². The lowest BCUT2D eigenvalue weighted by atomic mass is 10.0. The van der Waals surface area contributed by atoms with Gasteiger partial charge in [0.2, 0.25) is 11.8 Å². The number of carbonyl (C=O) groups is 4. The molecule has 0 bridgehead atoms. The summed E-state index contributed by atoms with van der Waals surface area (Å²) in [5, 5.41) is 14.2. The molecule has 0 fully saturated rings. The van der Waals surface area contributed by atoms with E-state index >= 15 is 0 Å². The third kappa shape index (κ3) is 5.16. The first-order valence-electron chi connectivity index (χ1n) is 13.1. The Morgan fingerprint density at radius 2 is 1.80 bits per heavy atom. The second-order valence-electron chi connectivity index (χ2n) is 10.0. The van der Waals surface area contributed by atoms with Gasteiger partial charge in [0.1, 0.15) is 12.1 Å². The minimum Gasteiger partial charge on any atom is -0.465 e. The van der Waals surface area contributed by atoms with Crippen LogP contribution in [-0.2, 0) is 22.4 Å². The van der Waals surface area contributed by atoms with Gasteiger partial charge in [-0.05, 0) is 42.2 Å². The molecule has 0 unspecified atom stereocenters. The molecule has 206 valence electrons. The Morgan fingerprint density at radius 1 is 1.02 bits per heavy atom. The smallest absolute Gasteiger partial charge is 0.405 e. The maximum absolute atomic E-state index is 13.4. The van der Waals surface area contributed by atoms with Gasteiger partial charge in [-0.1, -0.05) is 58.4 Å². The Kier molecular flexibility index (Phi) is 6.96. The normalized spacial score (nSPS) is 17.6. The van der Waals surface area contributed by atoms with E-state index in [0.717, 1.165) is 32.2 Å². The maximum atomic E-state index is 13.4. The fourth-order valence-electron chi connectivity index (χ4n) is 5.46.